The molecule has 2 N–H and O–H groups in total. The minimum Gasteiger partial charge on any atom is -0.462 e. The maximum absolute atomic E-state index is 13.2. The number of ether oxygens (including phenoxy) is 1. The van der Waals surface area contributed by atoms with Crippen molar-refractivity contribution in [3.05, 3.63) is 70.1 Å². The molecule has 0 aliphatic carbocycles. The lowest BCUT2D eigenvalue weighted by Gasteiger charge is -2.21. The molecule has 9 heteroatoms. The van der Waals surface area contributed by atoms with Gasteiger partial charge in [-0.05, 0) is 48.9 Å². The number of anilines is 1. The zero-order chi connectivity index (χ0) is 28.0. The Morgan fingerprint density at radius 1 is 1.05 bits per heavy atom. The van der Waals surface area contributed by atoms with Crippen molar-refractivity contribution in [1.29, 1.82) is 0 Å². The molecule has 3 aromatic rings. The number of rotatable bonds is 11. The van der Waals surface area contributed by atoms with Gasteiger partial charge in [0.15, 0.2) is 0 Å². The fourth-order valence-corrected chi connectivity index (χ4v) is 6.62. The van der Waals surface area contributed by atoms with Crippen LogP contribution in [0.1, 0.15) is 66.9 Å². The molecule has 0 bridgehead atoms. The molecule has 0 spiro atoms. The fraction of sp³-hybridized carbons (Fsp3) is 0.379. The van der Waals surface area contributed by atoms with Gasteiger partial charge in [-0.25, -0.2) is 18.4 Å². The van der Waals surface area contributed by atoms with Crippen molar-refractivity contribution in [2.75, 3.05) is 11.5 Å². The van der Waals surface area contributed by atoms with E-state index in [0.717, 1.165) is 41.0 Å². The second-order valence-corrected chi connectivity index (χ2v) is 12.7. The summed E-state index contributed by atoms with van der Waals surface area (Å²) >= 11 is 1.03. The van der Waals surface area contributed by atoms with Crippen molar-refractivity contribution in [3.63, 3.8) is 0 Å². The third-order valence-corrected chi connectivity index (χ3v) is 8.72. The molecule has 0 unspecified atom stereocenters. The lowest BCUT2D eigenvalue weighted by molar-refractivity contribution is -0.116. The van der Waals surface area contributed by atoms with Crippen molar-refractivity contribution < 1.29 is 22.7 Å². The van der Waals surface area contributed by atoms with Gasteiger partial charge in [-0.2, -0.15) is 0 Å². The number of nitrogens with two attached hydrogens (primary N) is 1. The van der Waals surface area contributed by atoms with Gasteiger partial charge in [0.25, 0.3) is 0 Å². The van der Waals surface area contributed by atoms with E-state index in [0.29, 0.717) is 23.4 Å². The molecule has 1 aromatic heterocycles. The molecule has 0 fully saturated rings. The number of thiophene rings is 1. The Hall–Kier alpha value is -3.01. The number of nitrogens with zero attached hydrogens (tertiary/aromatic N) is 1. The van der Waals surface area contributed by atoms with E-state index in [9.17, 15) is 18.0 Å². The van der Waals surface area contributed by atoms with Crippen LogP contribution in [0.5, 0.6) is 0 Å². The highest BCUT2D eigenvalue weighted by atomic mass is 32.2. The average Bonchev–Trinajstić information content (AvgIpc) is 3.22. The Labute approximate surface area is 229 Å². The van der Waals surface area contributed by atoms with E-state index in [1.165, 1.54) is 6.92 Å². The van der Waals surface area contributed by atoms with Gasteiger partial charge in [0, 0.05) is 23.1 Å². The molecule has 0 saturated heterocycles. The Morgan fingerprint density at radius 2 is 1.68 bits per heavy atom. The summed E-state index contributed by atoms with van der Waals surface area (Å²) in [4.78, 5) is 27.9. The molecule has 0 radical (unpaired) electrons. The van der Waals surface area contributed by atoms with Crippen LogP contribution in [0.15, 0.2) is 52.7 Å². The van der Waals surface area contributed by atoms with Crippen molar-refractivity contribution in [3.8, 4) is 11.1 Å². The van der Waals surface area contributed by atoms with E-state index >= 15 is 0 Å². The summed E-state index contributed by atoms with van der Waals surface area (Å²) in [5.41, 5.74) is 3.84. The standard InChI is InChI=1S/C29H36N2O5S2/c1-6-7-16-36-28(33)27-25(17-19(2)3)37-29(38(30,34)35)26(27)23-12-10-22(11-13-23)18-31(21(5)32)24-14-8-20(4)9-15-24/h8-15,19H,6-7,16-18H2,1-5H3,(H2,30,34,35). The first-order valence-electron chi connectivity index (χ1n) is 12.7. The summed E-state index contributed by atoms with van der Waals surface area (Å²) in [5.74, 6) is -0.442. The van der Waals surface area contributed by atoms with Crippen LogP contribution >= 0.6 is 11.3 Å². The maximum atomic E-state index is 13.2. The van der Waals surface area contributed by atoms with Crippen LogP contribution in [-0.2, 0) is 32.5 Å². The highest BCUT2D eigenvalue weighted by molar-refractivity contribution is 7.91. The smallest absolute Gasteiger partial charge is 0.339 e. The Morgan fingerprint density at radius 3 is 2.21 bits per heavy atom. The summed E-state index contributed by atoms with van der Waals surface area (Å²) < 4.78 is 30.7. The largest absolute Gasteiger partial charge is 0.462 e. The number of esters is 1. The number of sulfonamides is 1. The molecule has 3 rings (SSSR count). The second kappa shape index (κ2) is 12.7. The topological polar surface area (TPSA) is 107 Å². The Kier molecular flexibility index (Phi) is 9.87. The van der Waals surface area contributed by atoms with Gasteiger partial charge in [-0.3, -0.25) is 4.79 Å². The molecule has 1 heterocycles. The molecule has 0 atom stereocenters. The number of unbranched alkanes of at least 4 members (excludes halogenated alkanes) is 1. The van der Waals surface area contributed by atoms with Crippen molar-refractivity contribution in [2.24, 2.45) is 11.1 Å². The monoisotopic (exact) mass is 556 g/mol. The van der Waals surface area contributed by atoms with E-state index < -0.39 is 16.0 Å². The number of carbonyl (C=O) groups is 2. The van der Waals surface area contributed by atoms with E-state index in [4.69, 9.17) is 9.88 Å². The fourth-order valence-electron chi connectivity index (χ4n) is 4.10. The molecule has 1 amide bonds. The Balaban J connectivity index is 2.05. The molecule has 2 aromatic carbocycles. The van der Waals surface area contributed by atoms with Gasteiger partial charge in [0.05, 0.1) is 18.7 Å². The molecule has 0 saturated carbocycles. The quantitative estimate of drug-likeness (QED) is 0.228. The molecular weight excluding hydrogens is 520 g/mol. The van der Waals surface area contributed by atoms with Crippen LogP contribution in [-0.4, -0.2) is 26.9 Å². The third-order valence-electron chi connectivity index (χ3n) is 6.05. The molecule has 7 nitrogen and oxygen atoms in total. The first-order valence-corrected chi connectivity index (χ1v) is 15.1. The van der Waals surface area contributed by atoms with Crippen molar-refractivity contribution in [1.82, 2.24) is 0 Å². The minimum atomic E-state index is -4.10. The van der Waals surface area contributed by atoms with Gasteiger partial charge in [-0.15, -0.1) is 11.3 Å². The summed E-state index contributed by atoms with van der Waals surface area (Å²) in [5, 5.41) is 5.62. The summed E-state index contributed by atoms with van der Waals surface area (Å²) in [6.07, 6.45) is 2.11. The van der Waals surface area contributed by atoms with Crippen LogP contribution in [0.3, 0.4) is 0 Å². The first-order chi connectivity index (χ1) is 17.9. The normalized spacial score (nSPS) is 11.6. The SMILES string of the molecule is CCCCOC(=O)c1c(CC(C)C)sc(S(N)(=O)=O)c1-c1ccc(CN(C(C)=O)c2ccc(C)cc2)cc1. The second-order valence-electron chi connectivity index (χ2n) is 9.83. The van der Waals surface area contributed by atoms with Crippen LogP contribution < -0.4 is 10.0 Å². The average molecular weight is 557 g/mol. The van der Waals surface area contributed by atoms with Crippen LogP contribution in [0, 0.1) is 12.8 Å². The van der Waals surface area contributed by atoms with E-state index in [1.54, 1.807) is 17.0 Å². The van der Waals surface area contributed by atoms with E-state index in [2.05, 4.69) is 0 Å². The number of primary sulfonamides is 1. The van der Waals surface area contributed by atoms with Crippen LogP contribution in [0.25, 0.3) is 11.1 Å². The third kappa shape index (κ3) is 7.30. The molecule has 204 valence electrons. The lowest BCUT2D eigenvalue weighted by atomic mass is 9.98. The van der Waals surface area contributed by atoms with Crippen molar-refractivity contribution in [2.45, 2.75) is 64.6 Å². The zero-order valence-corrected chi connectivity index (χ0v) is 24.2. The Bertz CT molecular complexity index is 1380. The summed E-state index contributed by atoms with van der Waals surface area (Å²) in [6, 6.07) is 14.9. The van der Waals surface area contributed by atoms with Gasteiger partial charge in [0.1, 0.15) is 4.21 Å². The highest BCUT2D eigenvalue weighted by Gasteiger charge is 2.30. The number of aryl methyl sites for hydroxylation is 1. The van der Waals surface area contributed by atoms with Gasteiger partial charge >= 0.3 is 5.97 Å². The van der Waals surface area contributed by atoms with Gasteiger partial charge in [-0.1, -0.05) is 69.2 Å². The van der Waals surface area contributed by atoms with Gasteiger partial charge in [0.2, 0.25) is 15.9 Å². The lowest BCUT2D eigenvalue weighted by Crippen LogP contribution is -2.27. The predicted molar refractivity (Wildman–Crippen MR) is 153 cm³/mol. The molecular formula is C29H36N2O5S2. The maximum Gasteiger partial charge on any atom is 0.339 e. The molecule has 0 aliphatic heterocycles. The van der Waals surface area contributed by atoms with E-state index in [1.807, 2.05) is 64.1 Å². The van der Waals surface area contributed by atoms with Crippen LogP contribution in [0.4, 0.5) is 5.69 Å². The number of hydrogen-bond acceptors (Lipinski definition) is 6. The van der Waals surface area contributed by atoms with Gasteiger partial charge < -0.3 is 9.64 Å². The number of carbonyl (C=O) groups excluding carboxylic acids is 2. The summed E-state index contributed by atoms with van der Waals surface area (Å²) in [6.45, 7) is 10.1. The van der Waals surface area contributed by atoms with Crippen molar-refractivity contribution >= 4 is 38.9 Å². The zero-order valence-electron chi connectivity index (χ0n) is 22.6. The highest BCUT2D eigenvalue weighted by Crippen LogP contribution is 2.41. The van der Waals surface area contributed by atoms with Crippen LogP contribution in [0.2, 0.25) is 0 Å². The summed E-state index contributed by atoms with van der Waals surface area (Å²) in [7, 11) is -4.10. The number of hydrogen-bond donors (Lipinski definition) is 1. The molecule has 38 heavy (non-hydrogen) atoms. The predicted octanol–water partition coefficient (Wildman–Crippen LogP) is 6.08. The first kappa shape index (κ1) is 29.5. The minimum absolute atomic E-state index is 0.0478. The molecule has 0 aliphatic rings. The van der Waals surface area contributed by atoms with E-state index in [-0.39, 0.29) is 33.8 Å². The number of benzene rings is 2. The number of amides is 1.